The fourth-order valence-electron chi connectivity index (χ4n) is 4.59. The zero-order valence-corrected chi connectivity index (χ0v) is 22.0. The van der Waals surface area contributed by atoms with E-state index in [1.165, 1.54) is 5.57 Å². The number of fused-ring (bicyclic) bond motifs is 3. The summed E-state index contributed by atoms with van der Waals surface area (Å²) in [6.07, 6.45) is 3.29. The third-order valence-electron chi connectivity index (χ3n) is 6.86. The Balaban J connectivity index is 1.72. The van der Waals surface area contributed by atoms with Crippen molar-refractivity contribution in [1.29, 1.82) is 0 Å². The number of ether oxygens (including phenoxy) is 2. The third kappa shape index (κ3) is 4.15. The average molecular weight is 493 g/mol. The largest absolute Gasteiger partial charge is 0.496 e. The van der Waals surface area contributed by atoms with Crippen LogP contribution in [-0.2, 0) is 6.61 Å². The molecule has 0 aliphatic carbocycles. The summed E-state index contributed by atoms with van der Waals surface area (Å²) in [5.74, 6) is 1.42. The molecule has 0 bridgehead atoms. The number of methoxy groups -OCH3 is 1. The number of amides is 1. The van der Waals surface area contributed by atoms with Crippen molar-refractivity contribution in [1.82, 2.24) is 19.6 Å². The molecule has 0 saturated carbocycles. The van der Waals surface area contributed by atoms with Gasteiger partial charge in [-0.3, -0.25) is 4.79 Å². The number of likely N-dealkylation sites (N-methyl/N-ethyl adjacent to an activating group) is 1. The Morgan fingerprint density at radius 1 is 1.26 bits per heavy atom. The summed E-state index contributed by atoms with van der Waals surface area (Å²) in [7, 11) is 5.65. The van der Waals surface area contributed by atoms with Crippen LogP contribution < -0.4 is 9.47 Å². The molecule has 0 spiro atoms. The molecule has 7 nitrogen and oxygen atoms in total. The first-order valence-electron chi connectivity index (χ1n) is 11.8. The van der Waals surface area contributed by atoms with Crippen molar-refractivity contribution in [2.75, 3.05) is 34.3 Å². The van der Waals surface area contributed by atoms with E-state index in [0.717, 1.165) is 59.1 Å². The first-order valence-corrected chi connectivity index (χ1v) is 12.8. The fraction of sp³-hybridized carbons (Fsp3) is 0.407. The van der Waals surface area contributed by atoms with E-state index < -0.39 is 0 Å². The van der Waals surface area contributed by atoms with Crippen molar-refractivity contribution in [2.24, 2.45) is 0 Å². The molecule has 4 heterocycles. The molecule has 8 heteroatoms. The van der Waals surface area contributed by atoms with E-state index in [2.05, 4.69) is 24.1 Å². The molecule has 1 aromatic carbocycles. The van der Waals surface area contributed by atoms with Gasteiger partial charge >= 0.3 is 0 Å². The molecule has 0 atom stereocenters. The van der Waals surface area contributed by atoms with Gasteiger partial charge in [0.2, 0.25) is 0 Å². The second-order valence-corrected chi connectivity index (χ2v) is 11.0. The van der Waals surface area contributed by atoms with Gasteiger partial charge in [0.25, 0.3) is 5.91 Å². The van der Waals surface area contributed by atoms with E-state index in [-0.39, 0.29) is 18.1 Å². The highest BCUT2D eigenvalue weighted by Gasteiger charge is 2.34. The summed E-state index contributed by atoms with van der Waals surface area (Å²) >= 11 is 1.60. The molecule has 0 N–H and O–H groups in total. The monoisotopic (exact) mass is 492 g/mol. The van der Waals surface area contributed by atoms with Crippen LogP contribution in [0.4, 0.5) is 0 Å². The molecule has 0 saturated heterocycles. The van der Waals surface area contributed by atoms with Crippen LogP contribution in [0.3, 0.4) is 0 Å². The number of hydrogen-bond acceptors (Lipinski definition) is 6. The number of carbonyl (C=O) groups is 1. The van der Waals surface area contributed by atoms with Gasteiger partial charge in [-0.2, -0.15) is 16.4 Å². The van der Waals surface area contributed by atoms with Crippen LogP contribution >= 0.6 is 11.3 Å². The van der Waals surface area contributed by atoms with Gasteiger partial charge in [0, 0.05) is 53.8 Å². The van der Waals surface area contributed by atoms with Crippen molar-refractivity contribution in [3.05, 3.63) is 51.9 Å². The molecule has 5 rings (SSSR count). The Kier molecular flexibility index (Phi) is 5.97. The predicted molar refractivity (Wildman–Crippen MR) is 140 cm³/mol. The van der Waals surface area contributed by atoms with Crippen LogP contribution in [0.15, 0.2) is 35.0 Å². The van der Waals surface area contributed by atoms with Crippen LogP contribution in [0.2, 0.25) is 0 Å². The molecule has 2 aromatic heterocycles. The third-order valence-corrected chi connectivity index (χ3v) is 7.54. The van der Waals surface area contributed by atoms with Gasteiger partial charge in [0.05, 0.1) is 18.5 Å². The lowest BCUT2D eigenvalue weighted by molar-refractivity contribution is 0.0646. The van der Waals surface area contributed by atoms with Crippen LogP contribution in [0, 0.1) is 0 Å². The number of aromatic nitrogens is 2. The summed E-state index contributed by atoms with van der Waals surface area (Å²) in [6, 6.07) is 6.14. The van der Waals surface area contributed by atoms with E-state index >= 15 is 0 Å². The van der Waals surface area contributed by atoms with Crippen molar-refractivity contribution < 1.29 is 14.3 Å². The van der Waals surface area contributed by atoms with Gasteiger partial charge in [-0.15, -0.1) is 0 Å². The Morgan fingerprint density at radius 3 is 2.71 bits per heavy atom. The number of carbonyl (C=O) groups excluding carboxylic acids is 1. The average Bonchev–Trinajstić information content (AvgIpc) is 3.49. The topological polar surface area (TPSA) is 59.8 Å². The van der Waals surface area contributed by atoms with Gasteiger partial charge in [-0.25, -0.2) is 4.68 Å². The van der Waals surface area contributed by atoms with E-state index in [1.54, 1.807) is 23.3 Å². The fourth-order valence-corrected chi connectivity index (χ4v) is 5.20. The first kappa shape index (κ1) is 23.6. The molecule has 0 fully saturated rings. The van der Waals surface area contributed by atoms with Gasteiger partial charge in [-0.1, -0.05) is 6.08 Å². The highest BCUT2D eigenvalue weighted by molar-refractivity contribution is 7.08. The highest BCUT2D eigenvalue weighted by atomic mass is 32.1. The molecule has 184 valence electrons. The lowest BCUT2D eigenvalue weighted by Gasteiger charge is -2.31. The maximum atomic E-state index is 13.6. The Bertz CT molecular complexity index is 1300. The van der Waals surface area contributed by atoms with Gasteiger partial charge in [-0.05, 0) is 57.3 Å². The molecular formula is C27H32N4O3S. The lowest BCUT2D eigenvalue weighted by Crippen LogP contribution is -2.43. The number of benzene rings is 1. The van der Waals surface area contributed by atoms with E-state index in [9.17, 15) is 4.79 Å². The second kappa shape index (κ2) is 8.84. The standard InChI is InChI=1S/C27H32N4O3S/c1-27(2,3)30(5)26(32)24-21-15-34-23-13-22(33-6)19(17-8-7-10-29(4)14-17)12-20(23)25(21)31(28-24)18-9-11-35-16-18/h8-9,11-13,16H,7,10,14-15H2,1-6H3. The van der Waals surface area contributed by atoms with Crippen LogP contribution in [0.5, 0.6) is 11.5 Å². The highest BCUT2D eigenvalue weighted by Crippen LogP contribution is 2.45. The Morgan fingerprint density at radius 2 is 2.06 bits per heavy atom. The molecule has 0 radical (unpaired) electrons. The Hall–Kier alpha value is -3.10. The molecule has 2 aliphatic heterocycles. The minimum Gasteiger partial charge on any atom is -0.496 e. The van der Waals surface area contributed by atoms with Crippen LogP contribution in [0.25, 0.3) is 22.5 Å². The van der Waals surface area contributed by atoms with E-state index in [4.69, 9.17) is 14.6 Å². The number of hydrogen-bond donors (Lipinski definition) is 0. The first-order chi connectivity index (χ1) is 16.7. The van der Waals surface area contributed by atoms with Crippen molar-refractivity contribution in [3.8, 4) is 28.4 Å². The van der Waals surface area contributed by atoms with Gasteiger partial charge in [0.15, 0.2) is 5.69 Å². The second-order valence-electron chi connectivity index (χ2n) is 10.2. The summed E-state index contributed by atoms with van der Waals surface area (Å²) in [4.78, 5) is 17.6. The minimum atomic E-state index is -0.330. The molecular weight excluding hydrogens is 460 g/mol. The number of thiophene rings is 1. The quantitative estimate of drug-likeness (QED) is 0.508. The summed E-state index contributed by atoms with van der Waals surface area (Å²) in [5, 5.41) is 8.93. The lowest BCUT2D eigenvalue weighted by atomic mass is 9.94. The zero-order valence-electron chi connectivity index (χ0n) is 21.2. The van der Waals surface area contributed by atoms with Crippen LogP contribution in [-0.4, -0.2) is 65.3 Å². The minimum absolute atomic E-state index is 0.111. The van der Waals surface area contributed by atoms with Crippen molar-refractivity contribution in [2.45, 2.75) is 39.3 Å². The van der Waals surface area contributed by atoms with E-state index in [1.807, 2.05) is 55.4 Å². The summed E-state index contributed by atoms with van der Waals surface area (Å²) in [5.41, 5.74) is 5.97. The SMILES string of the molecule is COc1cc2c(cc1C1=CCCN(C)C1)-c1c(c(C(=O)N(C)C(C)(C)C)nn1-c1ccsc1)CO2. The van der Waals surface area contributed by atoms with Crippen molar-refractivity contribution >= 4 is 22.8 Å². The van der Waals surface area contributed by atoms with E-state index in [0.29, 0.717) is 5.69 Å². The Labute approximate surface area is 210 Å². The predicted octanol–water partition coefficient (Wildman–Crippen LogP) is 5.09. The normalized spacial score (nSPS) is 15.7. The molecule has 2 aliphatic rings. The van der Waals surface area contributed by atoms with Crippen LogP contribution in [0.1, 0.15) is 48.8 Å². The maximum Gasteiger partial charge on any atom is 0.274 e. The summed E-state index contributed by atoms with van der Waals surface area (Å²) < 4.78 is 13.9. The number of rotatable bonds is 4. The maximum absolute atomic E-state index is 13.6. The molecule has 0 unspecified atom stereocenters. The van der Waals surface area contributed by atoms with Gasteiger partial charge in [0.1, 0.15) is 18.1 Å². The molecule has 3 aromatic rings. The zero-order chi connectivity index (χ0) is 24.9. The summed E-state index contributed by atoms with van der Waals surface area (Å²) in [6.45, 7) is 8.24. The van der Waals surface area contributed by atoms with Gasteiger partial charge < -0.3 is 19.3 Å². The number of nitrogens with zero attached hydrogens (tertiary/aromatic N) is 4. The molecule has 1 amide bonds. The smallest absolute Gasteiger partial charge is 0.274 e. The molecule has 35 heavy (non-hydrogen) atoms. The van der Waals surface area contributed by atoms with Crippen molar-refractivity contribution in [3.63, 3.8) is 0 Å².